The molecule has 1 aromatic rings. The maximum absolute atomic E-state index is 13.7. The lowest BCUT2D eigenvalue weighted by atomic mass is 9.49. The summed E-state index contributed by atoms with van der Waals surface area (Å²) in [6.07, 6.45) is 8.97. The number of rotatable bonds is 4. The Kier molecular flexibility index (Phi) is 4.48. The molecule has 4 aliphatic carbocycles. The molecule has 1 N–H and O–H groups in total. The van der Waals surface area contributed by atoms with Crippen molar-refractivity contribution in [1.82, 2.24) is 10.2 Å². The SMILES string of the molecule is C[C@@H](NC(=O)[C@H]1CCCN1C(=O)C12CC3CC(CC(C3)C1)C2)c1ccccc1. The number of benzene rings is 1. The number of amides is 2. The van der Waals surface area contributed by atoms with Crippen LogP contribution < -0.4 is 5.32 Å². The van der Waals surface area contributed by atoms with Crippen LogP contribution in [0.2, 0.25) is 0 Å². The number of carbonyl (C=O) groups excluding carboxylic acids is 2. The van der Waals surface area contributed by atoms with Crippen LogP contribution in [0.4, 0.5) is 0 Å². The van der Waals surface area contributed by atoms with E-state index in [1.807, 2.05) is 42.2 Å². The molecule has 1 aromatic carbocycles. The minimum absolute atomic E-state index is 0.0203. The summed E-state index contributed by atoms with van der Waals surface area (Å²) < 4.78 is 0. The molecule has 5 fully saturated rings. The van der Waals surface area contributed by atoms with Gasteiger partial charge in [0.15, 0.2) is 0 Å². The lowest BCUT2D eigenvalue weighted by molar-refractivity contribution is -0.160. The van der Waals surface area contributed by atoms with Crippen molar-refractivity contribution in [3.8, 4) is 0 Å². The van der Waals surface area contributed by atoms with Crippen LogP contribution in [0.1, 0.15) is 69.9 Å². The molecule has 2 atom stereocenters. The molecule has 4 heteroatoms. The summed E-state index contributed by atoms with van der Waals surface area (Å²) in [6, 6.07) is 9.74. The largest absolute Gasteiger partial charge is 0.348 e. The van der Waals surface area contributed by atoms with Crippen LogP contribution in [-0.2, 0) is 9.59 Å². The molecule has 0 aromatic heterocycles. The van der Waals surface area contributed by atoms with Crippen molar-refractivity contribution in [3.05, 3.63) is 35.9 Å². The summed E-state index contributed by atoms with van der Waals surface area (Å²) in [7, 11) is 0. The number of hydrogen-bond acceptors (Lipinski definition) is 2. The van der Waals surface area contributed by atoms with Crippen LogP contribution in [0.3, 0.4) is 0 Å². The van der Waals surface area contributed by atoms with Crippen molar-refractivity contribution in [2.24, 2.45) is 23.2 Å². The van der Waals surface area contributed by atoms with Gasteiger partial charge in [0.25, 0.3) is 0 Å². The van der Waals surface area contributed by atoms with E-state index in [4.69, 9.17) is 0 Å². The van der Waals surface area contributed by atoms with Crippen LogP contribution in [-0.4, -0.2) is 29.3 Å². The quantitative estimate of drug-likeness (QED) is 0.856. The van der Waals surface area contributed by atoms with Crippen LogP contribution in [0.5, 0.6) is 0 Å². The summed E-state index contributed by atoms with van der Waals surface area (Å²) in [5.74, 6) is 2.58. The van der Waals surface area contributed by atoms with Crippen molar-refractivity contribution >= 4 is 11.8 Å². The molecular formula is C24H32N2O2. The average molecular weight is 381 g/mol. The second kappa shape index (κ2) is 6.89. The zero-order chi connectivity index (χ0) is 19.3. The van der Waals surface area contributed by atoms with Crippen molar-refractivity contribution in [3.63, 3.8) is 0 Å². The molecule has 1 aliphatic heterocycles. The molecule has 1 heterocycles. The zero-order valence-corrected chi connectivity index (χ0v) is 16.9. The van der Waals surface area contributed by atoms with Crippen LogP contribution in [0.25, 0.3) is 0 Å². The first-order chi connectivity index (χ1) is 13.5. The molecule has 28 heavy (non-hydrogen) atoms. The van der Waals surface area contributed by atoms with E-state index in [1.54, 1.807) is 0 Å². The van der Waals surface area contributed by atoms with Gasteiger partial charge in [-0.1, -0.05) is 30.3 Å². The van der Waals surface area contributed by atoms with Gasteiger partial charge in [-0.15, -0.1) is 0 Å². The Hall–Kier alpha value is -1.84. The van der Waals surface area contributed by atoms with E-state index in [0.717, 1.165) is 62.0 Å². The van der Waals surface area contributed by atoms with Gasteiger partial charge in [-0.3, -0.25) is 9.59 Å². The Bertz CT molecular complexity index is 724. The first-order valence-corrected chi connectivity index (χ1v) is 11.2. The van der Waals surface area contributed by atoms with E-state index in [0.29, 0.717) is 5.91 Å². The molecule has 1 saturated heterocycles. The van der Waals surface area contributed by atoms with Crippen LogP contribution in [0, 0.1) is 23.2 Å². The van der Waals surface area contributed by atoms with Crippen molar-refractivity contribution < 1.29 is 9.59 Å². The van der Waals surface area contributed by atoms with Gasteiger partial charge < -0.3 is 10.2 Å². The van der Waals surface area contributed by atoms with Gasteiger partial charge in [0.1, 0.15) is 6.04 Å². The fourth-order valence-corrected chi connectivity index (χ4v) is 7.09. The molecule has 6 rings (SSSR count). The molecule has 150 valence electrons. The van der Waals surface area contributed by atoms with E-state index in [2.05, 4.69) is 5.32 Å². The summed E-state index contributed by atoms with van der Waals surface area (Å²) in [5, 5.41) is 3.16. The van der Waals surface area contributed by atoms with Gasteiger partial charge in [0.2, 0.25) is 11.8 Å². The van der Waals surface area contributed by atoms with Crippen LogP contribution in [0.15, 0.2) is 30.3 Å². The zero-order valence-electron chi connectivity index (χ0n) is 16.9. The lowest BCUT2D eigenvalue weighted by Crippen LogP contribution is -2.57. The highest BCUT2D eigenvalue weighted by Crippen LogP contribution is 2.60. The second-order valence-electron chi connectivity index (χ2n) is 10.00. The maximum Gasteiger partial charge on any atom is 0.243 e. The van der Waals surface area contributed by atoms with E-state index >= 15 is 0 Å². The lowest BCUT2D eigenvalue weighted by Gasteiger charge is -2.56. The summed E-state index contributed by atoms with van der Waals surface area (Å²) in [6.45, 7) is 2.77. The Morgan fingerprint density at radius 1 is 1.04 bits per heavy atom. The highest BCUT2D eigenvalue weighted by Gasteiger charge is 2.56. The minimum atomic E-state index is -0.285. The van der Waals surface area contributed by atoms with Crippen molar-refractivity contribution in [1.29, 1.82) is 0 Å². The van der Waals surface area contributed by atoms with E-state index < -0.39 is 0 Å². The molecule has 2 amide bonds. The van der Waals surface area contributed by atoms with Gasteiger partial charge in [0.05, 0.1) is 11.5 Å². The topological polar surface area (TPSA) is 49.4 Å². The number of hydrogen-bond donors (Lipinski definition) is 1. The normalized spacial score (nSPS) is 37.1. The molecule has 0 unspecified atom stereocenters. The Labute approximate surface area is 168 Å². The smallest absolute Gasteiger partial charge is 0.243 e. The summed E-state index contributed by atoms with van der Waals surface area (Å²) in [5.41, 5.74) is 0.954. The maximum atomic E-state index is 13.7. The monoisotopic (exact) mass is 380 g/mol. The van der Waals surface area contributed by atoms with Crippen molar-refractivity contribution in [2.45, 2.75) is 70.4 Å². The molecule has 0 spiro atoms. The van der Waals surface area contributed by atoms with E-state index in [-0.39, 0.29) is 23.4 Å². The van der Waals surface area contributed by atoms with Gasteiger partial charge in [-0.25, -0.2) is 0 Å². The number of nitrogens with zero attached hydrogens (tertiary/aromatic N) is 1. The fraction of sp³-hybridized carbons (Fsp3) is 0.667. The Morgan fingerprint density at radius 3 is 2.25 bits per heavy atom. The van der Waals surface area contributed by atoms with E-state index in [1.165, 1.54) is 19.3 Å². The van der Waals surface area contributed by atoms with Gasteiger partial charge in [-0.2, -0.15) is 0 Å². The molecule has 4 bridgehead atoms. The Morgan fingerprint density at radius 2 is 1.64 bits per heavy atom. The summed E-state index contributed by atoms with van der Waals surface area (Å²) >= 11 is 0. The second-order valence-corrected chi connectivity index (χ2v) is 10.00. The third-order valence-electron chi connectivity index (χ3n) is 7.97. The van der Waals surface area contributed by atoms with Gasteiger partial charge in [0, 0.05) is 6.54 Å². The first kappa shape index (κ1) is 18.2. The van der Waals surface area contributed by atoms with E-state index in [9.17, 15) is 9.59 Å². The third-order valence-corrected chi connectivity index (χ3v) is 7.97. The molecule has 0 radical (unpaired) electrons. The standard InChI is InChI=1S/C24H32N2O2/c1-16(20-6-3-2-4-7-20)25-22(27)21-8-5-9-26(21)23(28)24-13-17-10-18(14-24)12-19(11-17)15-24/h2-4,6-7,16-19,21H,5,8-15H2,1H3,(H,25,27)/t16-,17?,18?,19?,21-,24?/m1/s1. The van der Waals surface area contributed by atoms with Crippen LogP contribution >= 0.6 is 0 Å². The van der Waals surface area contributed by atoms with Gasteiger partial charge in [-0.05, 0) is 81.6 Å². The molecule has 5 aliphatic rings. The number of nitrogens with one attached hydrogen (secondary N) is 1. The predicted molar refractivity (Wildman–Crippen MR) is 108 cm³/mol. The number of likely N-dealkylation sites (tertiary alicyclic amines) is 1. The molecular weight excluding hydrogens is 348 g/mol. The minimum Gasteiger partial charge on any atom is -0.348 e. The highest BCUT2D eigenvalue weighted by molar-refractivity contribution is 5.91. The highest BCUT2D eigenvalue weighted by atomic mass is 16.2. The first-order valence-electron chi connectivity index (χ1n) is 11.2. The van der Waals surface area contributed by atoms with Gasteiger partial charge >= 0.3 is 0 Å². The summed E-state index contributed by atoms with van der Waals surface area (Å²) in [4.78, 5) is 28.7. The fourth-order valence-electron chi connectivity index (χ4n) is 7.09. The molecule has 4 nitrogen and oxygen atoms in total. The average Bonchev–Trinajstić information content (AvgIpc) is 3.17. The predicted octanol–water partition coefficient (Wildman–Crippen LogP) is 4.07. The Balaban J connectivity index is 1.30. The van der Waals surface area contributed by atoms with Crippen molar-refractivity contribution in [2.75, 3.05) is 6.54 Å². The number of carbonyl (C=O) groups is 2. The molecule has 4 saturated carbocycles. The third kappa shape index (κ3) is 3.05.